The molecule has 130 valence electrons. The van der Waals surface area contributed by atoms with Crippen molar-refractivity contribution in [3.63, 3.8) is 0 Å². The van der Waals surface area contributed by atoms with E-state index in [1.165, 1.54) is 5.56 Å². The summed E-state index contributed by atoms with van der Waals surface area (Å²) in [4.78, 5) is 15.0. The molecule has 0 radical (unpaired) electrons. The van der Waals surface area contributed by atoms with Gasteiger partial charge in [0.1, 0.15) is 6.61 Å². The van der Waals surface area contributed by atoms with Gasteiger partial charge in [0, 0.05) is 19.0 Å². The van der Waals surface area contributed by atoms with Crippen molar-refractivity contribution >= 4 is 5.91 Å². The van der Waals surface area contributed by atoms with E-state index in [9.17, 15) is 4.79 Å². The topological polar surface area (TPSA) is 38.8 Å². The van der Waals surface area contributed by atoms with Crippen LogP contribution in [0.4, 0.5) is 0 Å². The monoisotopic (exact) mass is 337 g/mol. The van der Waals surface area contributed by atoms with Gasteiger partial charge in [-0.15, -0.1) is 0 Å². The minimum atomic E-state index is -0.551. The van der Waals surface area contributed by atoms with Crippen LogP contribution in [0, 0.1) is 0 Å². The van der Waals surface area contributed by atoms with Gasteiger partial charge in [0.05, 0.1) is 0 Å². The Kier molecular flexibility index (Phi) is 4.59. The van der Waals surface area contributed by atoms with Gasteiger partial charge in [-0.1, -0.05) is 48.9 Å². The highest BCUT2D eigenvalue weighted by Crippen LogP contribution is 2.32. The van der Waals surface area contributed by atoms with Gasteiger partial charge < -0.3 is 14.4 Å². The van der Waals surface area contributed by atoms with Gasteiger partial charge in [-0.3, -0.25) is 4.79 Å². The number of nitrogens with zero attached hydrogens (tertiary/aromatic N) is 1. The molecule has 4 nitrogen and oxygen atoms in total. The molecule has 25 heavy (non-hydrogen) atoms. The Balaban J connectivity index is 1.48. The van der Waals surface area contributed by atoms with E-state index in [0.717, 1.165) is 32.4 Å². The average molecular weight is 337 g/mol. The van der Waals surface area contributed by atoms with E-state index in [1.54, 1.807) is 0 Å². The molecule has 1 saturated heterocycles. The maximum Gasteiger partial charge on any atom is 0.267 e. The molecule has 4 rings (SSSR count). The molecule has 2 aromatic rings. The number of benzene rings is 2. The van der Waals surface area contributed by atoms with Crippen molar-refractivity contribution in [3.05, 3.63) is 60.2 Å². The first-order valence-corrected chi connectivity index (χ1v) is 9.03. The molecule has 0 spiro atoms. The SMILES string of the molecule is O=C(C1COc2ccccc2O1)N1CCCCC(c2ccccc2)C1. The third-order valence-corrected chi connectivity index (χ3v) is 5.04. The smallest absolute Gasteiger partial charge is 0.267 e. The quantitative estimate of drug-likeness (QED) is 0.840. The highest BCUT2D eigenvalue weighted by atomic mass is 16.6. The first-order valence-electron chi connectivity index (χ1n) is 9.03. The number of hydrogen-bond donors (Lipinski definition) is 0. The second kappa shape index (κ2) is 7.18. The number of ether oxygens (including phenoxy) is 2. The summed E-state index contributed by atoms with van der Waals surface area (Å²) in [7, 11) is 0. The predicted octanol–water partition coefficient (Wildman–Crippen LogP) is 3.62. The number of fused-ring (bicyclic) bond motifs is 1. The van der Waals surface area contributed by atoms with Crippen LogP contribution in [0.2, 0.25) is 0 Å². The Morgan fingerprint density at radius 2 is 1.72 bits per heavy atom. The van der Waals surface area contributed by atoms with Crippen LogP contribution >= 0.6 is 0 Å². The number of amides is 1. The van der Waals surface area contributed by atoms with E-state index >= 15 is 0 Å². The van der Waals surface area contributed by atoms with Gasteiger partial charge in [-0.2, -0.15) is 0 Å². The lowest BCUT2D eigenvalue weighted by atomic mass is 9.94. The predicted molar refractivity (Wildman–Crippen MR) is 96.0 cm³/mol. The van der Waals surface area contributed by atoms with Gasteiger partial charge in [0.15, 0.2) is 11.5 Å². The second-order valence-corrected chi connectivity index (χ2v) is 6.75. The molecule has 0 bridgehead atoms. The molecular formula is C21H23NO3. The van der Waals surface area contributed by atoms with Crippen molar-refractivity contribution in [1.29, 1.82) is 0 Å². The van der Waals surface area contributed by atoms with Crippen LogP contribution in [0.25, 0.3) is 0 Å². The van der Waals surface area contributed by atoms with Crippen molar-refractivity contribution in [2.45, 2.75) is 31.3 Å². The highest BCUT2D eigenvalue weighted by Gasteiger charge is 2.33. The van der Waals surface area contributed by atoms with E-state index in [4.69, 9.17) is 9.47 Å². The highest BCUT2D eigenvalue weighted by molar-refractivity contribution is 5.82. The van der Waals surface area contributed by atoms with Crippen molar-refractivity contribution in [2.75, 3.05) is 19.7 Å². The third-order valence-electron chi connectivity index (χ3n) is 5.04. The van der Waals surface area contributed by atoms with Crippen LogP contribution in [0.3, 0.4) is 0 Å². The van der Waals surface area contributed by atoms with Crippen molar-refractivity contribution in [3.8, 4) is 11.5 Å². The lowest BCUT2D eigenvalue weighted by molar-refractivity contribution is -0.141. The summed E-state index contributed by atoms with van der Waals surface area (Å²) in [5, 5.41) is 0. The normalized spacial score (nSPS) is 23.0. The summed E-state index contributed by atoms with van der Waals surface area (Å²) in [5.74, 6) is 1.80. The minimum Gasteiger partial charge on any atom is -0.485 e. The number of carbonyl (C=O) groups excluding carboxylic acids is 1. The lowest BCUT2D eigenvalue weighted by Gasteiger charge is -2.31. The van der Waals surface area contributed by atoms with Gasteiger partial charge in [-0.05, 0) is 30.5 Å². The molecule has 0 saturated carbocycles. The van der Waals surface area contributed by atoms with Gasteiger partial charge in [-0.25, -0.2) is 0 Å². The molecule has 2 heterocycles. The van der Waals surface area contributed by atoms with E-state index < -0.39 is 6.10 Å². The molecule has 2 aliphatic heterocycles. The Hall–Kier alpha value is -2.49. The van der Waals surface area contributed by atoms with Crippen LogP contribution < -0.4 is 9.47 Å². The lowest BCUT2D eigenvalue weighted by Crippen LogP contribution is -2.47. The summed E-state index contributed by atoms with van der Waals surface area (Å²) < 4.78 is 11.6. The number of likely N-dealkylation sites (tertiary alicyclic amines) is 1. The van der Waals surface area contributed by atoms with Crippen molar-refractivity contribution in [1.82, 2.24) is 4.90 Å². The first-order chi connectivity index (χ1) is 12.3. The zero-order chi connectivity index (χ0) is 17.1. The van der Waals surface area contributed by atoms with Gasteiger partial charge >= 0.3 is 0 Å². The van der Waals surface area contributed by atoms with E-state index in [1.807, 2.05) is 35.2 Å². The Morgan fingerprint density at radius 3 is 2.56 bits per heavy atom. The summed E-state index contributed by atoms with van der Waals surface area (Å²) in [6, 6.07) is 18.0. The first kappa shape index (κ1) is 16.0. The largest absolute Gasteiger partial charge is 0.485 e. The summed E-state index contributed by atoms with van der Waals surface area (Å²) in [6.45, 7) is 1.83. The maximum absolute atomic E-state index is 13.0. The summed E-state index contributed by atoms with van der Waals surface area (Å²) >= 11 is 0. The van der Waals surface area contributed by atoms with E-state index in [0.29, 0.717) is 17.4 Å². The number of rotatable bonds is 2. The number of carbonyl (C=O) groups is 1. The molecule has 4 heteroatoms. The summed E-state index contributed by atoms with van der Waals surface area (Å²) in [6.07, 6.45) is 2.76. The molecule has 2 aromatic carbocycles. The molecule has 0 aliphatic carbocycles. The molecular weight excluding hydrogens is 314 g/mol. The molecule has 2 unspecified atom stereocenters. The minimum absolute atomic E-state index is 0.0392. The fourth-order valence-corrected chi connectivity index (χ4v) is 3.68. The van der Waals surface area contributed by atoms with Gasteiger partial charge in [0.25, 0.3) is 5.91 Å². The van der Waals surface area contributed by atoms with Crippen LogP contribution in [0.5, 0.6) is 11.5 Å². The van der Waals surface area contributed by atoms with Crippen LogP contribution in [-0.4, -0.2) is 36.6 Å². The van der Waals surface area contributed by atoms with Crippen molar-refractivity contribution in [2.24, 2.45) is 0 Å². The maximum atomic E-state index is 13.0. The Labute approximate surface area is 148 Å². The van der Waals surface area contributed by atoms with Crippen LogP contribution in [0.15, 0.2) is 54.6 Å². The van der Waals surface area contributed by atoms with Gasteiger partial charge in [0.2, 0.25) is 6.10 Å². The molecule has 1 fully saturated rings. The fraction of sp³-hybridized carbons (Fsp3) is 0.381. The zero-order valence-corrected chi connectivity index (χ0v) is 14.3. The Bertz CT molecular complexity index is 731. The third kappa shape index (κ3) is 3.48. The number of hydrogen-bond acceptors (Lipinski definition) is 3. The molecule has 0 aromatic heterocycles. The molecule has 2 atom stereocenters. The summed E-state index contributed by atoms with van der Waals surface area (Å²) in [5.41, 5.74) is 1.31. The average Bonchev–Trinajstić information content (AvgIpc) is 2.94. The molecule has 2 aliphatic rings. The zero-order valence-electron chi connectivity index (χ0n) is 14.3. The van der Waals surface area contributed by atoms with Crippen LogP contribution in [0.1, 0.15) is 30.7 Å². The molecule has 1 amide bonds. The standard InChI is InChI=1S/C21H23NO3/c23-21(20-15-24-18-11-4-5-12-19(18)25-20)22-13-7-6-10-17(14-22)16-8-2-1-3-9-16/h1-5,8-9,11-12,17,20H,6-7,10,13-15H2. The van der Waals surface area contributed by atoms with E-state index in [-0.39, 0.29) is 12.5 Å². The second-order valence-electron chi connectivity index (χ2n) is 6.75. The Morgan fingerprint density at radius 1 is 0.960 bits per heavy atom. The fourth-order valence-electron chi connectivity index (χ4n) is 3.68. The molecule has 0 N–H and O–H groups in total. The van der Waals surface area contributed by atoms with E-state index in [2.05, 4.69) is 24.3 Å². The number of para-hydroxylation sites is 2. The van der Waals surface area contributed by atoms with Crippen LogP contribution in [-0.2, 0) is 4.79 Å². The van der Waals surface area contributed by atoms with Crippen molar-refractivity contribution < 1.29 is 14.3 Å².